The fraction of sp³-hybridized carbons (Fsp3) is 0.450. The molecular formula is C20H23FN5O2+. The highest BCUT2D eigenvalue weighted by molar-refractivity contribution is 5.24. The van der Waals surface area contributed by atoms with Crippen LogP contribution in [-0.4, -0.2) is 37.4 Å². The van der Waals surface area contributed by atoms with Gasteiger partial charge >= 0.3 is 0 Å². The van der Waals surface area contributed by atoms with Crippen LogP contribution in [-0.2, 0) is 18.7 Å². The smallest absolute Gasteiger partial charge is 0.206 e. The van der Waals surface area contributed by atoms with Crippen molar-refractivity contribution >= 4 is 0 Å². The Hall–Kier alpha value is -2.58. The number of aromatic nitrogens is 4. The molecular weight excluding hydrogens is 361 g/mol. The minimum atomic E-state index is -0.886. The van der Waals surface area contributed by atoms with Crippen LogP contribution in [0, 0.1) is 5.82 Å². The SMILES string of the molecule is OC1(c2ccc(F)cc2)C[C@H]2CC[C@@H](C1)[NH+]2Cc1nnnn1Cc1ccco1. The van der Waals surface area contributed by atoms with E-state index in [4.69, 9.17) is 4.42 Å². The number of fused-ring (bicyclic) bond motifs is 2. The molecule has 0 radical (unpaired) electrons. The summed E-state index contributed by atoms with van der Waals surface area (Å²) in [5.41, 5.74) is -0.0733. The summed E-state index contributed by atoms with van der Waals surface area (Å²) in [7, 11) is 0. The molecule has 2 bridgehead atoms. The van der Waals surface area contributed by atoms with E-state index in [-0.39, 0.29) is 5.82 Å². The van der Waals surface area contributed by atoms with E-state index >= 15 is 0 Å². The lowest BCUT2D eigenvalue weighted by molar-refractivity contribution is -0.958. The molecule has 2 aliphatic heterocycles. The Morgan fingerprint density at radius 2 is 1.93 bits per heavy atom. The zero-order valence-corrected chi connectivity index (χ0v) is 15.5. The van der Waals surface area contributed by atoms with Crippen molar-refractivity contribution in [1.29, 1.82) is 0 Å². The highest BCUT2D eigenvalue weighted by Crippen LogP contribution is 2.38. The van der Waals surface area contributed by atoms with Crippen LogP contribution in [0.3, 0.4) is 0 Å². The first-order chi connectivity index (χ1) is 13.6. The quantitative estimate of drug-likeness (QED) is 0.687. The Morgan fingerprint density at radius 3 is 2.61 bits per heavy atom. The molecule has 3 aromatic rings. The molecule has 2 saturated heterocycles. The van der Waals surface area contributed by atoms with Crippen LogP contribution in [0.1, 0.15) is 42.8 Å². The van der Waals surface area contributed by atoms with Crippen molar-refractivity contribution in [2.45, 2.75) is 56.5 Å². The van der Waals surface area contributed by atoms with Crippen LogP contribution in [0.4, 0.5) is 4.39 Å². The zero-order valence-electron chi connectivity index (χ0n) is 15.5. The van der Waals surface area contributed by atoms with E-state index in [0.717, 1.165) is 36.5 Å². The topological polar surface area (TPSA) is 81.4 Å². The van der Waals surface area contributed by atoms with Gasteiger partial charge in [0.15, 0.2) is 0 Å². The van der Waals surface area contributed by atoms with Crippen LogP contribution in [0.2, 0.25) is 0 Å². The number of rotatable bonds is 5. The normalized spacial score (nSPS) is 29.3. The molecule has 8 heteroatoms. The number of aliphatic hydroxyl groups is 1. The maximum Gasteiger partial charge on any atom is 0.206 e. The van der Waals surface area contributed by atoms with Gasteiger partial charge in [0, 0.05) is 25.7 Å². The van der Waals surface area contributed by atoms with Gasteiger partial charge < -0.3 is 14.4 Å². The number of benzene rings is 1. The predicted octanol–water partition coefficient (Wildman–Crippen LogP) is 1.05. The standard InChI is InChI=1S/C20H22FN5O2/c21-15-5-3-14(4-6-15)20(27)10-16-7-8-17(11-20)25(16)13-19-22-23-24-26(19)12-18-2-1-9-28-18/h1-6,9,16-17,27H,7-8,10-13H2/p+1/t16-,17+,20?. The molecule has 0 amide bonds. The van der Waals surface area contributed by atoms with Gasteiger partial charge in [-0.05, 0) is 40.3 Å². The molecule has 5 rings (SSSR count). The largest absolute Gasteiger partial charge is 0.467 e. The average molecular weight is 384 g/mol. The highest BCUT2D eigenvalue weighted by atomic mass is 19.1. The van der Waals surface area contributed by atoms with Gasteiger partial charge in [0.25, 0.3) is 0 Å². The van der Waals surface area contributed by atoms with E-state index in [1.54, 1.807) is 23.1 Å². The summed E-state index contributed by atoms with van der Waals surface area (Å²) in [6.07, 6.45) is 5.13. The summed E-state index contributed by atoms with van der Waals surface area (Å²) < 4.78 is 20.5. The summed E-state index contributed by atoms with van der Waals surface area (Å²) in [6, 6.07) is 10.7. The van der Waals surface area contributed by atoms with Crippen LogP contribution >= 0.6 is 0 Å². The Bertz CT molecular complexity index is 926. The van der Waals surface area contributed by atoms with E-state index < -0.39 is 5.60 Å². The maximum atomic E-state index is 13.3. The maximum absolute atomic E-state index is 13.3. The van der Waals surface area contributed by atoms with E-state index in [1.165, 1.54) is 17.0 Å². The molecule has 2 aliphatic rings. The number of halogens is 1. The van der Waals surface area contributed by atoms with Crippen molar-refractivity contribution in [3.63, 3.8) is 0 Å². The summed E-state index contributed by atoms with van der Waals surface area (Å²) in [4.78, 5) is 1.43. The van der Waals surface area contributed by atoms with Gasteiger partial charge in [0.1, 0.15) is 30.3 Å². The lowest BCUT2D eigenvalue weighted by Crippen LogP contribution is -3.17. The molecule has 4 heterocycles. The number of quaternary nitrogens is 1. The van der Waals surface area contributed by atoms with Gasteiger partial charge in [0.2, 0.25) is 5.82 Å². The summed E-state index contributed by atoms with van der Waals surface area (Å²) in [6.45, 7) is 1.24. The summed E-state index contributed by atoms with van der Waals surface area (Å²) in [5.74, 6) is 1.37. The van der Waals surface area contributed by atoms with E-state index in [0.29, 0.717) is 31.5 Å². The second-order valence-electron chi connectivity index (χ2n) is 8.00. The van der Waals surface area contributed by atoms with Gasteiger partial charge in [-0.2, -0.15) is 0 Å². The number of nitrogens with zero attached hydrogens (tertiary/aromatic N) is 4. The monoisotopic (exact) mass is 384 g/mol. The molecule has 0 saturated carbocycles. The highest BCUT2D eigenvalue weighted by Gasteiger charge is 2.51. The molecule has 7 nitrogen and oxygen atoms in total. The van der Waals surface area contributed by atoms with E-state index in [9.17, 15) is 9.50 Å². The lowest BCUT2D eigenvalue weighted by atomic mass is 9.80. The first-order valence-electron chi connectivity index (χ1n) is 9.72. The minimum absolute atomic E-state index is 0.276. The molecule has 4 atom stereocenters. The average Bonchev–Trinajstić information content (AvgIpc) is 3.40. The van der Waals surface area contributed by atoms with Crippen molar-refractivity contribution in [2.75, 3.05) is 0 Å². The molecule has 0 aliphatic carbocycles. The molecule has 0 spiro atoms. The molecule has 2 N–H and O–H groups in total. The molecule has 1 aromatic carbocycles. The minimum Gasteiger partial charge on any atom is -0.467 e. The van der Waals surface area contributed by atoms with E-state index in [2.05, 4.69) is 15.5 Å². The Balaban J connectivity index is 1.33. The Labute approximate surface area is 161 Å². The van der Waals surface area contributed by atoms with Crippen molar-refractivity contribution in [2.24, 2.45) is 0 Å². The van der Waals surface area contributed by atoms with Crippen LogP contribution in [0.5, 0.6) is 0 Å². The van der Waals surface area contributed by atoms with Crippen LogP contribution < -0.4 is 4.90 Å². The number of tetrazole rings is 1. The van der Waals surface area contributed by atoms with Gasteiger partial charge in [-0.25, -0.2) is 9.07 Å². The van der Waals surface area contributed by atoms with Crippen LogP contribution in [0.25, 0.3) is 0 Å². The second-order valence-corrected chi connectivity index (χ2v) is 8.00. The molecule has 2 fully saturated rings. The number of nitrogens with one attached hydrogen (secondary N) is 1. The number of hydrogen-bond acceptors (Lipinski definition) is 5. The molecule has 2 aromatic heterocycles. The van der Waals surface area contributed by atoms with Gasteiger partial charge in [0.05, 0.1) is 18.3 Å². The summed E-state index contributed by atoms with van der Waals surface area (Å²) in [5, 5.41) is 23.5. The van der Waals surface area contributed by atoms with Crippen LogP contribution in [0.15, 0.2) is 47.1 Å². The van der Waals surface area contributed by atoms with Gasteiger partial charge in [-0.1, -0.05) is 12.1 Å². The zero-order chi connectivity index (χ0) is 19.1. The lowest BCUT2D eigenvalue weighted by Gasteiger charge is -2.41. The van der Waals surface area contributed by atoms with Gasteiger partial charge in [-0.3, -0.25) is 0 Å². The molecule has 28 heavy (non-hydrogen) atoms. The molecule has 2 unspecified atom stereocenters. The van der Waals surface area contributed by atoms with Crippen molar-refractivity contribution < 1.29 is 18.8 Å². The molecule has 146 valence electrons. The fourth-order valence-electron chi connectivity index (χ4n) is 4.96. The third-order valence-corrected chi connectivity index (χ3v) is 6.32. The van der Waals surface area contributed by atoms with Gasteiger partial charge in [-0.15, -0.1) is 5.10 Å². The first-order valence-corrected chi connectivity index (χ1v) is 9.72. The van der Waals surface area contributed by atoms with Crippen molar-refractivity contribution in [1.82, 2.24) is 20.2 Å². The fourth-order valence-corrected chi connectivity index (χ4v) is 4.96. The number of furan rings is 1. The summed E-state index contributed by atoms with van der Waals surface area (Å²) >= 11 is 0. The third-order valence-electron chi connectivity index (χ3n) is 6.32. The predicted molar refractivity (Wildman–Crippen MR) is 96.6 cm³/mol. The second kappa shape index (κ2) is 6.79. The Morgan fingerprint density at radius 1 is 1.18 bits per heavy atom. The van der Waals surface area contributed by atoms with E-state index in [1.807, 2.05) is 12.1 Å². The first kappa shape index (κ1) is 17.5. The van der Waals surface area contributed by atoms with Crippen molar-refractivity contribution in [3.8, 4) is 0 Å². The number of hydrogen-bond donors (Lipinski definition) is 2. The van der Waals surface area contributed by atoms with Crippen molar-refractivity contribution in [3.05, 3.63) is 65.6 Å². The Kier molecular flexibility index (Phi) is 4.25. The number of piperidine rings is 1. The third kappa shape index (κ3) is 3.12.